The standard InChI is InChI=1S/C22H26N2O4/c1-24(2)16-6-5-15-23-21(25)22(26,17-7-11-19(27-3)12-8-17)18-9-13-20(28-4)14-10-18/h7-14,26H,15-16H2,1-4H3,(H,23,25). The first kappa shape index (κ1) is 21.3. The van der Waals surface area contributed by atoms with Crippen LogP contribution in [-0.2, 0) is 10.4 Å². The average Bonchev–Trinajstić information content (AvgIpc) is 2.72. The molecule has 0 atom stereocenters. The number of ether oxygens (including phenoxy) is 2. The predicted octanol–water partition coefficient (Wildman–Crippen LogP) is 1.62. The van der Waals surface area contributed by atoms with Gasteiger partial charge < -0.3 is 19.9 Å². The summed E-state index contributed by atoms with van der Waals surface area (Å²) in [4.78, 5) is 14.9. The van der Waals surface area contributed by atoms with Crippen LogP contribution in [0.1, 0.15) is 11.1 Å². The highest BCUT2D eigenvalue weighted by atomic mass is 16.5. The lowest BCUT2D eigenvalue weighted by atomic mass is 9.85. The summed E-state index contributed by atoms with van der Waals surface area (Å²) in [6.07, 6.45) is 0. The van der Waals surface area contributed by atoms with Gasteiger partial charge in [0.05, 0.1) is 27.3 Å². The molecule has 0 aromatic heterocycles. The highest BCUT2D eigenvalue weighted by Gasteiger charge is 2.39. The normalized spacial score (nSPS) is 10.8. The van der Waals surface area contributed by atoms with Gasteiger partial charge in [-0.2, -0.15) is 0 Å². The number of amides is 1. The summed E-state index contributed by atoms with van der Waals surface area (Å²) in [6.45, 7) is 0.735. The molecule has 0 saturated carbocycles. The van der Waals surface area contributed by atoms with Crippen LogP contribution in [-0.4, -0.2) is 57.3 Å². The largest absolute Gasteiger partial charge is 0.497 e. The van der Waals surface area contributed by atoms with Gasteiger partial charge in [0.15, 0.2) is 5.60 Å². The maximum Gasteiger partial charge on any atom is 0.262 e. The predicted molar refractivity (Wildman–Crippen MR) is 108 cm³/mol. The Balaban J connectivity index is 2.33. The molecule has 0 aliphatic carbocycles. The fourth-order valence-electron chi connectivity index (χ4n) is 2.62. The van der Waals surface area contributed by atoms with Gasteiger partial charge in [-0.3, -0.25) is 9.69 Å². The third-order valence-corrected chi connectivity index (χ3v) is 4.20. The highest BCUT2D eigenvalue weighted by molar-refractivity contribution is 5.90. The van der Waals surface area contributed by atoms with E-state index in [9.17, 15) is 9.90 Å². The number of hydrogen-bond donors (Lipinski definition) is 2. The van der Waals surface area contributed by atoms with Crippen LogP contribution in [0.4, 0.5) is 0 Å². The SMILES string of the molecule is COc1ccc(C(O)(C(=O)NCC#CCN(C)C)c2ccc(OC)cc2)cc1. The van der Waals surface area contributed by atoms with Crippen molar-refractivity contribution in [3.8, 4) is 23.3 Å². The summed E-state index contributed by atoms with van der Waals surface area (Å²) in [5.74, 6) is 6.55. The van der Waals surface area contributed by atoms with Crippen molar-refractivity contribution in [1.29, 1.82) is 0 Å². The van der Waals surface area contributed by atoms with Crippen molar-refractivity contribution in [2.75, 3.05) is 41.4 Å². The Morgan fingerprint density at radius 2 is 1.43 bits per heavy atom. The zero-order valence-electron chi connectivity index (χ0n) is 16.7. The Morgan fingerprint density at radius 1 is 0.964 bits per heavy atom. The van der Waals surface area contributed by atoms with Crippen LogP contribution in [0.2, 0.25) is 0 Å². The van der Waals surface area contributed by atoms with Crippen molar-refractivity contribution < 1.29 is 19.4 Å². The summed E-state index contributed by atoms with van der Waals surface area (Å²) >= 11 is 0. The smallest absolute Gasteiger partial charge is 0.262 e. The van der Waals surface area contributed by atoms with E-state index < -0.39 is 11.5 Å². The number of carbonyl (C=O) groups excluding carboxylic acids is 1. The van der Waals surface area contributed by atoms with E-state index in [0.29, 0.717) is 29.2 Å². The third kappa shape index (κ3) is 5.03. The van der Waals surface area contributed by atoms with Crippen molar-refractivity contribution >= 4 is 5.91 Å². The zero-order valence-corrected chi connectivity index (χ0v) is 16.7. The Morgan fingerprint density at radius 3 is 1.82 bits per heavy atom. The molecule has 0 bridgehead atoms. The van der Waals surface area contributed by atoms with E-state index in [1.807, 2.05) is 19.0 Å². The Kier molecular flexibility index (Phi) is 7.44. The molecule has 0 aliphatic heterocycles. The maximum atomic E-state index is 13.0. The molecule has 0 radical (unpaired) electrons. The molecule has 0 heterocycles. The summed E-state index contributed by atoms with van der Waals surface area (Å²) in [5, 5.41) is 14.2. The number of nitrogens with zero attached hydrogens (tertiary/aromatic N) is 1. The number of rotatable bonds is 7. The Hall–Kier alpha value is -3.01. The molecule has 148 valence electrons. The summed E-state index contributed by atoms with van der Waals surface area (Å²) in [6, 6.07) is 13.5. The van der Waals surface area contributed by atoms with Crippen molar-refractivity contribution in [1.82, 2.24) is 10.2 Å². The number of nitrogens with one attached hydrogen (secondary N) is 1. The molecule has 6 heteroatoms. The molecule has 1 amide bonds. The average molecular weight is 382 g/mol. The van der Waals surface area contributed by atoms with Gasteiger partial charge in [-0.25, -0.2) is 0 Å². The summed E-state index contributed by atoms with van der Waals surface area (Å²) in [7, 11) is 6.95. The van der Waals surface area contributed by atoms with Crippen LogP contribution in [0.15, 0.2) is 48.5 Å². The van der Waals surface area contributed by atoms with Crippen LogP contribution in [0, 0.1) is 11.8 Å². The molecule has 28 heavy (non-hydrogen) atoms. The van der Waals surface area contributed by atoms with Gasteiger partial charge in [0.1, 0.15) is 11.5 Å². The van der Waals surface area contributed by atoms with Crippen LogP contribution >= 0.6 is 0 Å². The lowest BCUT2D eigenvalue weighted by molar-refractivity contribution is -0.136. The van der Waals surface area contributed by atoms with E-state index in [0.717, 1.165) is 0 Å². The molecule has 2 aromatic rings. The minimum absolute atomic E-state index is 0.140. The van der Waals surface area contributed by atoms with E-state index in [4.69, 9.17) is 9.47 Å². The number of hydrogen-bond acceptors (Lipinski definition) is 5. The number of aliphatic hydroxyl groups is 1. The minimum Gasteiger partial charge on any atom is -0.497 e. The van der Waals surface area contributed by atoms with Gasteiger partial charge >= 0.3 is 0 Å². The first-order valence-electron chi connectivity index (χ1n) is 8.82. The van der Waals surface area contributed by atoms with E-state index in [2.05, 4.69) is 17.2 Å². The second-order valence-corrected chi connectivity index (χ2v) is 6.44. The third-order valence-electron chi connectivity index (χ3n) is 4.20. The lowest BCUT2D eigenvalue weighted by Crippen LogP contribution is -2.45. The molecule has 0 unspecified atom stereocenters. The first-order chi connectivity index (χ1) is 13.4. The van der Waals surface area contributed by atoms with Crippen molar-refractivity contribution in [2.24, 2.45) is 0 Å². The van der Waals surface area contributed by atoms with E-state index in [1.54, 1.807) is 62.8 Å². The molecule has 2 N–H and O–H groups in total. The van der Waals surface area contributed by atoms with Crippen LogP contribution in [0.5, 0.6) is 11.5 Å². The second kappa shape index (κ2) is 9.79. The molecular formula is C22H26N2O4. The van der Waals surface area contributed by atoms with Gasteiger partial charge in [-0.05, 0) is 49.5 Å². The highest BCUT2D eigenvalue weighted by Crippen LogP contribution is 2.32. The number of benzene rings is 2. The number of methoxy groups -OCH3 is 2. The molecule has 2 rings (SSSR count). The van der Waals surface area contributed by atoms with Crippen molar-refractivity contribution in [3.63, 3.8) is 0 Å². The topological polar surface area (TPSA) is 71.0 Å². The summed E-state index contributed by atoms with van der Waals surface area (Å²) < 4.78 is 10.3. The van der Waals surface area contributed by atoms with Crippen LogP contribution in [0.25, 0.3) is 0 Å². The lowest BCUT2D eigenvalue weighted by Gasteiger charge is -2.28. The maximum absolute atomic E-state index is 13.0. The minimum atomic E-state index is -1.87. The van der Waals surface area contributed by atoms with Crippen LogP contribution in [0.3, 0.4) is 0 Å². The van der Waals surface area contributed by atoms with Gasteiger partial charge in [-0.1, -0.05) is 36.1 Å². The molecule has 6 nitrogen and oxygen atoms in total. The van der Waals surface area contributed by atoms with Gasteiger partial charge in [0.25, 0.3) is 5.91 Å². The monoisotopic (exact) mass is 382 g/mol. The van der Waals surface area contributed by atoms with E-state index in [1.165, 1.54) is 0 Å². The first-order valence-corrected chi connectivity index (χ1v) is 8.82. The molecule has 0 aliphatic rings. The fraction of sp³-hybridized carbons (Fsp3) is 0.318. The van der Waals surface area contributed by atoms with Crippen LogP contribution < -0.4 is 14.8 Å². The van der Waals surface area contributed by atoms with E-state index in [-0.39, 0.29) is 6.54 Å². The quantitative estimate of drug-likeness (QED) is 0.712. The molecule has 0 saturated heterocycles. The van der Waals surface area contributed by atoms with E-state index >= 15 is 0 Å². The molecule has 2 aromatic carbocycles. The van der Waals surface area contributed by atoms with Gasteiger partial charge in [-0.15, -0.1) is 0 Å². The Bertz CT molecular complexity index is 786. The number of carbonyl (C=O) groups is 1. The molecule has 0 fully saturated rings. The summed E-state index contributed by atoms with van der Waals surface area (Å²) in [5.41, 5.74) is -1.02. The Labute approximate surface area is 166 Å². The molecule has 0 spiro atoms. The fourth-order valence-corrected chi connectivity index (χ4v) is 2.62. The molecular weight excluding hydrogens is 356 g/mol. The van der Waals surface area contributed by atoms with Gasteiger partial charge in [0, 0.05) is 0 Å². The second-order valence-electron chi connectivity index (χ2n) is 6.44. The van der Waals surface area contributed by atoms with Gasteiger partial charge in [0.2, 0.25) is 0 Å². The zero-order chi connectivity index (χ0) is 20.6. The van der Waals surface area contributed by atoms with Crippen molar-refractivity contribution in [2.45, 2.75) is 5.60 Å². The van der Waals surface area contributed by atoms with Crippen molar-refractivity contribution in [3.05, 3.63) is 59.7 Å².